The minimum Gasteiger partial charge on any atom is -0.352 e. The van der Waals surface area contributed by atoms with Crippen molar-refractivity contribution in [2.75, 3.05) is 7.05 Å². The van der Waals surface area contributed by atoms with Crippen LogP contribution in [-0.2, 0) is 0 Å². The molecule has 3 heterocycles. The van der Waals surface area contributed by atoms with Crippen molar-refractivity contribution in [2.24, 2.45) is 0 Å². The van der Waals surface area contributed by atoms with Gasteiger partial charge in [-0.2, -0.15) is 0 Å². The van der Waals surface area contributed by atoms with E-state index in [2.05, 4.69) is 149 Å². The van der Waals surface area contributed by atoms with Crippen LogP contribution in [0.3, 0.4) is 0 Å². The van der Waals surface area contributed by atoms with Crippen LogP contribution < -0.4 is 5.32 Å². The number of para-hydroxylation sites is 1. The molecular weight excluding hydrogens is 518 g/mol. The van der Waals surface area contributed by atoms with Gasteiger partial charge in [-0.3, -0.25) is 4.90 Å². The molecule has 0 bridgehead atoms. The van der Waals surface area contributed by atoms with E-state index in [4.69, 9.17) is 0 Å². The highest BCUT2D eigenvalue weighted by atomic mass is 32.1. The minimum absolute atomic E-state index is 0.0907. The van der Waals surface area contributed by atoms with Crippen LogP contribution in [0.5, 0.6) is 0 Å². The normalized spacial score (nSPS) is 19.1. The number of aromatic nitrogens is 1. The summed E-state index contributed by atoms with van der Waals surface area (Å²) in [6.07, 6.45) is 8.82. The molecule has 2 unspecified atom stereocenters. The van der Waals surface area contributed by atoms with Crippen molar-refractivity contribution < 1.29 is 0 Å². The second kappa shape index (κ2) is 8.68. The summed E-state index contributed by atoms with van der Waals surface area (Å²) in [7, 11) is 2.25. The van der Waals surface area contributed by atoms with E-state index in [-0.39, 0.29) is 12.3 Å². The Morgan fingerprint density at radius 3 is 2.20 bits per heavy atom. The molecule has 1 aliphatic heterocycles. The maximum atomic E-state index is 4.04. The molecular formula is C37H27N3S. The summed E-state index contributed by atoms with van der Waals surface area (Å²) in [6, 6.07) is 37.7. The van der Waals surface area contributed by atoms with E-state index in [0.29, 0.717) is 0 Å². The van der Waals surface area contributed by atoms with Crippen LogP contribution in [0, 0.1) is 0 Å². The smallest absolute Gasteiger partial charge is 0.162 e. The molecule has 3 nitrogen and oxygen atoms in total. The molecule has 0 saturated heterocycles. The van der Waals surface area contributed by atoms with E-state index in [0.717, 1.165) is 0 Å². The van der Waals surface area contributed by atoms with Gasteiger partial charge < -0.3 is 9.88 Å². The number of nitrogens with one attached hydrogen (secondary N) is 1. The number of benzene rings is 5. The lowest BCUT2D eigenvalue weighted by Crippen LogP contribution is -2.49. The first-order chi connectivity index (χ1) is 20.3. The highest BCUT2D eigenvalue weighted by Crippen LogP contribution is 2.48. The number of hydrogen-bond donors (Lipinski definition) is 1. The molecule has 196 valence electrons. The number of rotatable bonds is 2. The molecule has 41 heavy (non-hydrogen) atoms. The largest absolute Gasteiger partial charge is 0.352 e. The number of allylic oxidation sites excluding steroid dienone is 2. The van der Waals surface area contributed by atoms with Crippen molar-refractivity contribution in [1.82, 2.24) is 14.8 Å². The van der Waals surface area contributed by atoms with E-state index in [9.17, 15) is 0 Å². The van der Waals surface area contributed by atoms with Crippen LogP contribution >= 0.6 is 11.3 Å². The average Bonchev–Trinajstić information content (AvgIpc) is 3.59. The van der Waals surface area contributed by atoms with Crippen LogP contribution in [-0.4, -0.2) is 22.6 Å². The lowest BCUT2D eigenvalue weighted by molar-refractivity contribution is 0.139. The van der Waals surface area contributed by atoms with Gasteiger partial charge in [0.25, 0.3) is 0 Å². The van der Waals surface area contributed by atoms with E-state index >= 15 is 0 Å². The molecule has 4 heteroatoms. The Bertz CT molecular complexity index is 2260. The fourth-order valence-electron chi connectivity index (χ4n) is 7.10. The van der Waals surface area contributed by atoms with Crippen molar-refractivity contribution in [3.8, 4) is 0 Å². The number of likely N-dealkylation sites (N-methyl/N-ethyl adjacent to an activating group) is 1. The minimum atomic E-state index is -0.0907. The van der Waals surface area contributed by atoms with E-state index < -0.39 is 0 Å². The molecule has 1 aliphatic carbocycles. The summed E-state index contributed by atoms with van der Waals surface area (Å²) < 4.78 is 5.25. The van der Waals surface area contributed by atoms with Gasteiger partial charge in [0, 0.05) is 31.9 Å². The second-order valence-corrected chi connectivity index (χ2v) is 12.1. The molecule has 7 aromatic rings. The van der Waals surface area contributed by atoms with Crippen LogP contribution in [0.25, 0.3) is 58.4 Å². The molecule has 1 N–H and O–H groups in total. The fraction of sp³-hybridized carbons (Fsp3) is 0.0811. The van der Waals surface area contributed by atoms with Gasteiger partial charge in [-0.25, -0.2) is 0 Å². The van der Waals surface area contributed by atoms with Crippen molar-refractivity contribution >= 4 is 69.8 Å². The van der Waals surface area contributed by atoms with Crippen molar-refractivity contribution in [3.63, 3.8) is 0 Å². The van der Waals surface area contributed by atoms with Crippen molar-refractivity contribution in [1.29, 1.82) is 0 Å². The van der Waals surface area contributed by atoms with Crippen LogP contribution in [0.1, 0.15) is 11.9 Å². The predicted molar refractivity (Wildman–Crippen MR) is 175 cm³/mol. The number of thiophene rings is 1. The Balaban J connectivity index is 1.44. The summed E-state index contributed by atoms with van der Waals surface area (Å²) in [5.74, 6) is 0. The third-order valence-electron chi connectivity index (χ3n) is 8.88. The van der Waals surface area contributed by atoms with Gasteiger partial charge in [-0.1, -0.05) is 115 Å². The zero-order valence-corrected chi connectivity index (χ0v) is 23.4. The van der Waals surface area contributed by atoms with Crippen LogP contribution in [0.15, 0.2) is 133 Å². The molecule has 2 aliphatic rings. The van der Waals surface area contributed by atoms with Gasteiger partial charge in [0.2, 0.25) is 0 Å². The molecule has 2 aromatic heterocycles. The highest BCUT2D eigenvalue weighted by Gasteiger charge is 2.35. The van der Waals surface area contributed by atoms with Crippen molar-refractivity contribution in [2.45, 2.75) is 12.3 Å². The number of fused-ring (bicyclic) bond motifs is 11. The summed E-state index contributed by atoms with van der Waals surface area (Å²) in [4.78, 5) is 2.47. The maximum Gasteiger partial charge on any atom is 0.162 e. The van der Waals surface area contributed by atoms with Gasteiger partial charge in [-0.15, -0.1) is 11.3 Å². The number of nitrogens with zero attached hydrogens (tertiary/aromatic N) is 2. The Kier molecular flexibility index (Phi) is 4.89. The quantitative estimate of drug-likeness (QED) is 0.234. The molecule has 0 saturated carbocycles. The van der Waals surface area contributed by atoms with E-state index in [1.807, 2.05) is 11.3 Å². The standard InChI is InChI=1S/C37H27N3S/c1-39-29-20-10-8-18-27(29)34(23-13-3-2-4-14-23)38-37(39)40-30-21-11-7-17-26(30)32-24-15-5-6-16-25(24)33-28-19-9-12-22-31(28)41-36(33)35(32)40/h2-22,29,37-38H,1H3. The van der Waals surface area contributed by atoms with Crippen LogP contribution in [0.4, 0.5) is 0 Å². The first-order valence-electron chi connectivity index (χ1n) is 14.2. The van der Waals surface area contributed by atoms with E-state index in [1.54, 1.807) is 0 Å². The molecule has 5 aromatic carbocycles. The average molecular weight is 546 g/mol. The lowest BCUT2D eigenvalue weighted by atomic mass is 9.93. The van der Waals surface area contributed by atoms with Crippen molar-refractivity contribution in [3.05, 3.63) is 139 Å². The second-order valence-electron chi connectivity index (χ2n) is 11.0. The molecule has 0 spiro atoms. The third-order valence-corrected chi connectivity index (χ3v) is 10.1. The highest BCUT2D eigenvalue weighted by molar-refractivity contribution is 7.27. The summed E-state index contributed by atoms with van der Waals surface area (Å²) >= 11 is 1.92. The monoisotopic (exact) mass is 545 g/mol. The molecule has 2 atom stereocenters. The Morgan fingerprint density at radius 1 is 0.683 bits per heavy atom. The molecule has 0 radical (unpaired) electrons. The van der Waals surface area contributed by atoms with Gasteiger partial charge in [0.1, 0.15) is 0 Å². The topological polar surface area (TPSA) is 20.2 Å². The Labute approximate surface area is 241 Å². The Hall–Kier alpha value is -4.64. The predicted octanol–water partition coefficient (Wildman–Crippen LogP) is 9.21. The summed E-state index contributed by atoms with van der Waals surface area (Å²) in [6.45, 7) is 0. The van der Waals surface area contributed by atoms with Gasteiger partial charge in [0.15, 0.2) is 6.29 Å². The molecule has 0 amide bonds. The number of hydrogen-bond acceptors (Lipinski definition) is 3. The summed E-state index contributed by atoms with van der Waals surface area (Å²) in [5, 5.41) is 12.0. The Morgan fingerprint density at radius 2 is 1.37 bits per heavy atom. The van der Waals surface area contributed by atoms with Gasteiger partial charge in [0.05, 0.1) is 21.8 Å². The first kappa shape index (κ1) is 23.1. The lowest BCUT2D eigenvalue weighted by Gasteiger charge is -2.43. The third kappa shape index (κ3) is 3.17. The summed E-state index contributed by atoms with van der Waals surface area (Å²) in [5.41, 5.74) is 6.25. The van der Waals surface area contributed by atoms with Crippen LogP contribution in [0.2, 0.25) is 0 Å². The molecule has 9 rings (SSSR count). The van der Waals surface area contributed by atoms with Gasteiger partial charge in [-0.05, 0) is 41.1 Å². The first-order valence-corrected chi connectivity index (χ1v) is 15.0. The molecule has 0 fully saturated rings. The maximum absolute atomic E-state index is 4.04. The SMILES string of the molecule is CN1C2C=CC=CC2=C(c2ccccc2)NC1n1c2ccccc2c2c3ccccc3c3c4ccccc4sc3c21. The van der Waals surface area contributed by atoms with Gasteiger partial charge >= 0.3 is 0 Å². The zero-order chi connectivity index (χ0) is 27.1. The van der Waals surface area contributed by atoms with E-state index in [1.165, 1.54) is 69.6 Å². The zero-order valence-electron chi connectivity index (χ0n) is 22.6. The fourth-order valence-corrected chi connectivity index (χ4v) is 8.36.